The number of benzene rings is 3. The minimum absolute atomic E-state index is 0.000804. The molecule has 1 aliphatic carbocycles. The first-order valence-corrected chi connectivity index (χ1v) is 13.2. The highest BCUT2D eigenvalue weighted by atomic mass is 79.9. The maximum Gasteiger partial charge on any atom is 0.231 e. The molecule has 3 aromatic rings. The second-order valence-corrected chi connectivity index (χ2v) is 11.7. The number of Topliss-reactive ketones (excluding diaryl/α,β-unsaturated/α-hetero) is 2. The van der Waals surface area contributed by atoms with E-state index >= 15 is 0 Å². The number of ketones is 2. The van der Waals surface area contributed by atoms with Crippen LogP contribution in [-0.2, 0) is 22.4 Å². The number of amides is 1. The second-order valence-electron chi connectivity index (χ2n) is 8.97. The molecule has 3 aromatic carbocycles. The zero-order valence-electron chi connectivity index (χ0n) is 19.6. The van der Waals surface area contributed by atoms with Gasteiger partial charge in [0, 0.05) is 35.6 Å². The molecule has 0 unspecified atom stereocenters. The van der Waals surface area contributed by atoms with Crippen LogP contribution in [0.25, 0.3) is 0 Å². The predicted molar refractivity (Wildman–Crippen MR) is 144 cm³/mol. The molecule has 1 aliphatic rings. The molecule has 2 atom stereocenters. The summed E-state index contributed by atoms with van der Waals surface area (Å²) >= 11 is 22.0. The molecule has 1 fully saturated rings. The van der Waals surface area contributed by atoms with Gasteiger partial charge in [-0.15, -0.1) is 23.2 Å². The summed E-state index contributed by atoms with van der Waals surface area (Å²) in [5.41, 5.74) is 0.279. The number of alkyl halides is 2. The fourth-order valence-electron chi connectivity index (χ4n) is 4.27. The molecule has 0 bridgehead atoms. The summed E-state index contributed by atoms with van der Waals surface area (Å²) in [5.74, 6) is -5.32. The van der Waals surface area contributed by atoms with Gasteiger partial charge in [-0.2, -0.15) is 0 Å². The first-order chi connectivity index (χ1) is 17.8. The summed E-state index contributed by atoms with van der Waals surface area (Å²) in [4.78, 5) is 37.4. The third-order valence-corrected chi connectivity index (χ3v) is 8.09. The van der Waals surface area contributed by atoms with Crippen molar-refractivity contribution in [2.75, 3.05) is 5.32 Å². The summed E-state index contributed by atoms with van der Waals surface area (Å²) in [7, 11) is 0. The fraction of sp³-hybridized carbons (Fsp3) is 0.222. The van der Waals surface area contributed by atoms with Crippen molar-refractivity contribution in [3.63, 3.8) is 0 Å². The third kappa shape index (κ3) is 5.78. The van der Waals surface area contributed by atoms with Gasteiger partial charge in [-0.05, 0) is 70.4 Å². The maximum absolute atomic E-state index is 14.8. The number of hydrogen-bond acceptors (Lipinski definition) is 3. The van der Waals surface area contributed by atoms with Crippen LogP contribution < -0.4 is 5.32 Å². The topological polar surface area (TPSA) is 63.2 Å². The summed E-state index contributed by atoms with van der Waals surface area (Å²) in [6.45, 7) is 1.21. The van der Waals surface area contributed by atoms with E-state index in [9.17, 15) is 27.6 Å². The van der Waals surface area contributed by atoms with Crippen LogP contribution in [0.3, 0.4) is 0 Å². The number of anilines is 1. The van der Waals surface area contributed by atoms with Crippen LogP contribution in [0.1, 0.15) is 39.9 Å². The van der Waals surface area contributed by atoms with Gasteiger partial charge < -0.3 is 5.32 Å². The molecule has 4 nitrogen and oxygen atoms in total. The minimum Gasteiger partial charge on any atom is -0.326 e. The standard InChI is InChI=1S/C27H18BrCl3F3NO3/c1-12(36)8-17-20(32)6-3-14(25(17)34)10-22(37)16-11-15(4-5-19(16)29)35-26(38)24-23(27(24,30)31)13-2-7-21(33)18(28)9-13/h2-7,9,11,23-24H,8,10H2,1H3,(H,35,38)/t23-,24+/m0/s1. The Balaban J connectivity index is 1.52. The number of nitrogens with one attached hydrogen (secondary N) is 1. The molecule has 4 rings (SSSR count). The summed E-state index contributed by atoms with van der Waals surface area (Å²) in [6.07, 6.45) is -0.896. The normalized spacial score (nSPS) is 17.7. The molecular weight excluding hydrogens is 630 g/mol. The maximum atomic E-state index is 14.8. The van der Waals surface area contributed by atoms with Crippen LogP contribution in [0.4, 0.5) is 18.9 Å². The van der Waals surface area contributed by atoms with E-state index in [1.807, 2.05) is 0 Å². The number of hydrogen-bond donors (Lipinski definition) is 1. The SMILES string of the molecule is CC(=O)Cc1c(F)ccc(CC(=O)c2cc(NC(=O)[C@H]3[C@H](c4ccc(F)c(Br)c4)C3(Cl)Cl)ccc2Cl)c1F. The average Bonchev–Trinajstić information content (AvgIpc) is 3.43. The molecule has 198 valence electrons. The lowest BCUT2D eigenvalue weighted by atomic mass is 9.98. The van der Waals surface area contributed by atoms with Gasteiger partial charge in [0.05, 0.1) is 15.4 Å². The van der Waals surface area contributed by atoms with Crippen molar-refractivity contribution in [3.8, 4) is 0 Å². The summed E-state index contributed by atoms with van der Waals surface area (Å²) < 4.78 is 41.2. The Bertz CT molecular complexity index is 1480. The zero-order valence-corrected chi connectivity index (χ0v) is 23.4. The van der Waals surface area contributed by atoms with Gasteiger partial charge >= 0.3 is 0 Å². The highest BCUT2D eigenvalue weighted by molar-refractivity contribution is 9.10. The van der Waals surface area contributed by atoms with Crippen molar-refractivity contribution in [1.29, 1.82) is 0 Å². The van der Waals surface area contributed by atoms with Crippen LogP contribution in [0, 0.1) is 23.4 Å². The molecule has 0 aliphatic heterocycles. The van der Waals surface area contributed by atoms with Crippen molar-refractivity contribution in [2.45, 2.75) is 30.0 Å². The van der Waals surface area contributed by atoms with Crippen LogP contribution in [0.2, 0.25) is 5.02 Å². The van der Waals surface area contributed by atoms with E-state index in [2.05, 4.69) is 21.2 Å². The van der Waals surface area contributed by atoms with Crippen LogP contribution >= 0.6 is 50.7 Å². The zero-order chi connectivity index (χ0) is 27.9. The Morgan fingerprint density at radius 1 is 0.974 bits per heavy atom. The van der Waals surface area contributed by atoms with Gasteiger partial charge in [0.1, 0.15) is 27.6 Å². The van der Waals surface area contributed by atoms with E-state index in [-0.39, 0.29) is 26.3 Å². The third-order valence-electron chi connectivity index (χ3n) is 6.22. The van der Waals surface area contributed by atoms with Crippen molar-refractivity contribution < 1.29 is 27.6 Å². The lowest BCUT2D eigenvalue weighted by Gasteiger charge is -2.11. The monoisotopic (exact) mass is 645 g/mol. The van der Waals surface area contributed by atoms with E-state index in [4.69, 9.17) is 34.8 Å². The van der Waals surface area contributed by atoms with E-state index < -0.39 is 69.5 Å². The van der Waals surface area contributed by atoms with Crippen LogP contribution in [0.5, 0.6) is 0 Å². The van der Waals surface area contributed by atoms with Gasteiger partial charge in [0.2, 0.25) is 5.91 Å². The average molecular weight is 648 g/mol. The molecule has 1 saturated carbocycles. The molecule has 0 saturated heterocycles. The summed E-state index contributed by atoms with van der Waals surface area (Å²) in [6, 6.07) is 10.6. The largest absolute Gasteiger partial charge is 0.326 e. The van der Waals surface area contributed by atoms with Crippen molar-refractivity contribution in [3.05, 3.63) is 97.7 Å². The summed E-state index contributed by atoms with van der Waals surface area (Å²) in [5, 5.41) is 2.71. The van der Waals surface area contributed by atoms with Gasteiger partial charge in [-0.25, -0.2) is 13.2 Å². The van der Waals surface area contributed by atoms with Crippen LogP contribution in [0.15, 0.2) is 53.0 Å². The lowest BCUT2D eigenvalue weighted by molar-refractivity contribution is -0.117. The molecule has 0 radical (unpaired) electrons. The molecular formula is C27H18BrCl3F3NO3. The number of halogens is 7. The predicted octanol–water partition coefficient (Wildman–Crippen LogP) is 7.60. The van der Waals surface area contributed by atoms with E-state index in [1.165, 1.54) is 43.3 Å². The van der Waals surface area contributed by atoms with Gasteiger partial charge in [-0.3, -0.25) is 14.4 Å². The van der Waals surface area contributed by atoms with E-state index in [1.54, 1.807) is 0 Å². The smallest absolute Gasteiger partial charge is 0.231 e. The molecule has 11 heteroatoms. The van der Waals surface area contributed by atoms with Crippen molar-refractivity contribution in [1.82, 2.24) is 0 Å². The van der Waals surface area contributed by atoms with Crippen LogP contribution in [-0.4, -0.2) is 21.8 Å². The Labute approximate surface area is 239 Å². The Morgan fingerprint density at radius 3 is 2.32 bits per heavy atom. The molecule has 0 heterocycles. The van der Waals surface area contributed by atoms with E-state index in [0.717, 1.165) is 12.1 Å². The Hall–Kier alpha value is -2.39. The highest BCUT2D eigenvalue weighted by Crippen LogP contribution is 2.65. The van der Waals surface area contributed by atoms with Gasteiger partial charge in [0.15, 0.2) is 5.78 Å². The quantitative estimate of drug-likeness (QED) is 0.202. The fourth-order valence-corrected chi connectivity index (χ4v) is 5.72. The molecule has 0 aromatic heterocycles. The van der Waals surface area contributed by atoms with E-state index in [0.29, 0.717) is 5.56 Å². The van der Waals surface area contributed by atoms with Gasteiger partial charge in [0.25, 0.3) is 0 Å². The highest BCUT2D eigenvalue weighted by Gasteiger charge is 2.67. The Kier molecular flexibility index (Phi) is 8.28. The molecule has 0 spiro atoms. The molecule has 1 N–H and O–H groups in total. The minimum atomic E-state index is -1.43. The second kappa shape index (κ2) is 11.0. The van der Waals surface area contributed by atoms with Crippen molar-refractivity contribution in [2.24, 2.45) is 5.92 Å². The first kappa shape index (κ1) is 28.6. The molecule has 38 heavy (non-hydrogen) atoms. The Morgan fingerprint density at radius 2 is 1.66 bits per heavy atom. The van der Waals surface area contributed by atoms with Gasteiger partial charge in [-0.1, -0.05) is 23.7 Å². The first-order valence-electron chi connectivity index (χ1n) is 11.2. The number of rotatable bonds is 8. The number of carbonyl (C=O) groups is 3. The number of carbonyl (C=O) groups excluding carboxylic acids is 3. The van der Waals surface area contributed by atoms with Crippen molar-refractivity contribution >= 4 is 73.9 Å². The lowest BCUT2D eigenvalue weighted by Crippen LogP contribution is -2.17. The molecule has 1 amide bonds.